The van der Waals surface area contributed by atoms with Crippen LogP contribution in [0.1, 0.15) is 278 Å². The van der Waals surface area contributed by atoms with Crippen molar-refractivity contribution in [2.75, 3.05) is 13.2 Å². The molecule has 6 nitrogen and oxygen atoms in total. The highest BCUT2D eigenvalue weighted by molar-refractivity contribution is 5.71. The summed E-state index contributed by atoms with van der Waals surface area (Å²) < 4.78 is 16.8. The molecule has 0 saturated heterocycles. The number of ether oxygens (including phenoxy) is 3. The molecule has 0 radical (unpaired) electrons. The Morgan fingerprint density at radius 3 is 0.881 bits per heavy atom. The van der Waals surface area contributed by atoms with E-state index >= 15 is 0 Å². The van der Waals surface area contributed by atoms with E-state index in [0.717, 1.165) is 89.9 Å². The predicted molar refractivity (Wildman–Crippen MR) is 288 cm³/mol. The Kier molecular flexibility index (Phi) is 52.8. The van der Waals surface area contributed by atoms with Gasteiger partial charge in [-0.1, -0.05) is 235 Å². The lowest BCUT2D eigenvalue weighted by Crippen LogP contribution is -2.30. The fourth-order valence-electron chi connectivity index (χ4n) is 7.87. The lowest BCUT2D eigenvalue weighted by atomic mass is 10.1. The number of hydrogen-bond donors (Lipinski definition) is 0. The molecule has 0 aliphatic carbocycles. The number of rotatable bonds is 51. The molecule has 386 valence electrons. The maximum atomic E-state index is 12.8. The minimum absolute atomic E-state index is 0.0878. The Hall–Kier alpha value is -3.15. The summed E-state index contributed by atoms with van der Waals surface area (Å²) in [6, 6.07) is 0. The molecule has 0 aliphatic rings. The van der Waals surface area contributed by atoms with E-state index in [2.05, 4.69) is 93.7 Å². The molecule has 0 amide bonds. The van der Waals surface area contributed by atoms with E-state index in [0.29, 0.717) is 19.3 Å². The first-order chi connectivity index (χ1) is 33.0. The third kappa shape index (κ3) is 53.7. The fourth-order valence-corrected chi connectivity index (χ4v) is 7.87. The third-order valence-corrected chi connectivity index (χ3v) is 12.2. The lowest BCUT2D eigenvalue weighted by molar-refractivity contribution is -0.167. The van der Waals surface area contributed by atoms with Crippen molar-refractivity contribution in [1.82, 2.24) is 0 Å². The second kappa shape index (κ2) is 55.4. The van der Waals surface area contributed by atoms with E-state index in [1.165, 1.54) is 148 Å². The Labute approximate surface area is 414 Å². The molecule has 0 aromatic rings. The summed E-state index contributed by atoms with van der Waals surface area (Å²) in [7, 11) is 0. The van der Waals surface area contributed by atoms with Gasteiger partial charge in [-0.2, -0.15) is 0 Å². The van der Waals surface area contributed by atoms with Crippen molar-refractivity contribution in [2.24, 2.45) is 0 Å². The van der Waals surface area contributed by atoms with Crippen molar-refractivity contribution in [2.45, 2.75) is 284 Å². The molecule has 0 saturated carbocycles. The van der Waals surface area contributed by atoms with E-state index in [4.69, 9.17) is 14.2 Å². The molecule has 1 atom stereocenters. The van der Waals surface area contributed by atoms with Gasteiger partial charge in [-0.05, 0) is 96.3 Å². The molecule has 0 heterocycles. The van der Waals surface area contributed by atoms with Gasteiger partial charge in [-0.25, -0.2) is 0 Å². The van der Waals surface area contributed by atoms with Crippen molar-refractivity contribution in [3.63, 3.8) is 0 Å². The van der Waals surface area contributed by atoms with Crippen LogP contribution in [-0.2, 0) is 28.6 Å². The van der Waals surface area contributed by atoms with E-state index in [1.807, 2.05) is 0 Å². The van der Waals surface area contributed by atoms with Crippen LogP contribution in [0.5, 0.6) is 0 Å². The minimum Gasteiger partial charge on any atom is -0.462 e. The zero-order valence-corrected chi connectivity index (χ0v) is 44.2. The Morgan fingerprint density at radius 1 is 0.299 bits per heavy atom. The number of carbonyl (C=O) groups is 3. The molecular weight excluding hydrogens is 829 g/mol. The molecule has 0 aromatic heterocycles. The zero-order chi connectivity index (χ0) is 48.6. The van der Waals surface area contributed by atoms with Crippen LogP contribution in [0.4, 0.5) is 0 Å². The van der Waals surface area contributed by atoms with Crippen LogP contribution in [0.2, 0.25) is 0 Å². The van der Waals surface area contributed by atoms with Gasteiger partial charge in [0.2, 0.25) is 0 Å². The van der Waals surface area contributed by atoms with E-state index < -0.39 is 6.10 Å². The monoisotopic (exact) mass is 935 g/mol. The Balaban J connectivity index is 4.40. The standard InChI is InChI=1S/C61H106O6/c1-4-7-10-13-16-19-22-24-26-28-30-32-34-36-39-42-45-48-51-54-60(63)66-57-58(56-65-59(62)53-50-47-44-41-38-21-18-15-12-9-6-3)67-61(64)55-52-49-46-43-40-37-35-33-31-29-27-25-23-20-17-14-11-8-5-2/h16-17,19-20,24-27,31,33,37,40,58H,4-15,18,21-23,28-30,32,34-36,38-39,41-57H2,1-3H3/b19-16-,20-17-,26-24-,27-25-,33-31-,40-37-/t58-/m0/s1. The van der Waals surface area contributed by atoms with Crippen molar-refractivity contribution in [3.8, 4) is 0 Å². The molecule has 0 unspecified atom stereocenters. The molecule has 6 heteroatoms. The van der Waals surface area contributed by atoms with Crippen LogP contribution < -0.4 is 0 Å². The maximum absolute atomic E-state index is 12.8. The molecule has 0 rings (SSSR count). The third-order valence-electron chi connectivity index (χ3n) is 12.2. The van der Waals surface area contributed by atoms with Gasteiger partial charge < -0.3 is 14.2 Å². The lowest BCUT2D eigenvalue weighted by Gasteiger charge is -2.18. The van der Waals surface area contributed by atoms with Crippen LogP contribution in [0.3, 0.4) is 0 Å². The van der Waals surface area contributed by atoms with E-state index in [9.17, 15) is 14.4 Å². The average molecular weight is 936 g/mol. The summed E-state index contributed by atoms with van der Waals surface area (Å²) in [4.78, 5) is 38.1. The summed E-state index contributed by atoms with van der Waals surface area (Å²) in [5, 5.41) is 0. The topological polar surface area (TPSA) is 78.9 Å². The zero-order valence-electron chi connectivity index (χ0n) is 44.2. The Morgan fingerprint density at radius 2 is 0.537 bits per heavy atom. The largest absolute Gasteiger partial charge is 0.462 e. The fraction of sp³-hybridized carbons (Fsp3) is 0.754. The highest BCUT2D eigenvalue weighted by Gasteiger charge is 2.19. The highest BCUT2D eigenvalue weighted by Crippen LogP contribution is 2.15. The van der Waals surface area contributed by atoms with Crippen molar-refractivity contribution in [1.29, 1.82) is 0 Å². The number of esters is 3. The second-order valence-electron chi connectivity index (χ2n) is 18.8. The first-order valence-electron chi connectivity index (χ1n) is 28.4. The molecule has 0 N–H and O–H groups in total. The molecule has 0 fully saturated rings. The maximum Gasteiger partial charge on any atom is 0.306 e. The van der Waals surface area contributed by atoms with Gasteiger partial charge in [0, 0.05) is 19.3 Å². The highest BCUT2D eigenvalue weighted by atomic mass is 16.6. The second-order valence-corrected chi connectivity index (χ2v) is 18.8. The predicted octanol–water partition coefficient (Wildman–Crippen LogP) is 19.0. The first kappa shape index (κ1) is 63.8. The first-order valence-corrected chi connectivity index (χ1v) is 28.4. The summed E-state index contributed by atoms with van der Waals surface area (Å²) in [6.45, 7) is 6.56. The van der Waals surface area contributed by atoms with Gasteiger partial charge in [0.1, 0.15) is 13.2 Å². The summed E-state index contributed by atoms with van der Waals surface area (Å²) in [5.41, 5.74) is 0. The molecule has 0 aromatic carbocycles. The van der Waals surface area contributed by atoms with E-state index in [1.54, 1.807) is 0 Å². The average Bonchev–Trinajstić information content (AvgIpc) is 3.33. The van der Waals surface area contributed by atoms with Gasteiger partial charge in [0.25, 0.3) is 0 Å². The number of allylic oxidation sites excluding steroid dienone is 12. The Bertz CT molecular complexity index is 1260. The van der Waals surface area contributed by atoms with Gasteiger partial charge in [0.05, 0.1) is 0 Å². The minimum atomic E-state index is -0.792. The summed E-state index contributed by atoms with van der Waals surface area (Å²) in [6.07, 6.45) is 70.3. The smallest absolute Gasteiger partial charge is 0.306 e. The number of carbonyl (C=O) groups excluding carboxylic acids is 3. The number of unbranched alkanes of at least 4 members (excludes halogenated alkanes) is 28. The quantitative estimate of drug-likeness (QED) is 0.0262. The molecular formula is C61H106O6. The van der Waals surface area contributed by atoms with Crippen molar-refractivity contribution < 1.29 is 28.6 Å². The van der Waals surface area contributed by atoms with Crippen molar-refractivity contribution in [3.05, 3.63) is 72.9 Å². The van der Waals surface area contributed by atoms with Crippen LogP contribution >= 0.6 is 0 Å². The number of hydrogen-bond acceptors (Lipinski definition) is 6. The van der Waals surface area contributed by atoms with Crippen LogP contribution in [0.25, 0.3) is 0 Å². The van der Waals surface area contributed by atoms with Crippen LogP contribution in [-0.4, -0.2) is 37.2 Å². The van der Waals surface area contributed by atoms with Crippen LogP contribution in [0.15, 0.2) is 72.9 Å². The van der Waals surface area contributed by atoms with Crippen molar-refractivity contribution >= 4 is 17.9 Å². The molecule has 0 spiro atoms. The molecule has 0 bridgehead atoms. The van der Waals surface area contributed by atoms with Gasteiger partial charge in [0.15, 0.2) is 6.10 Å². The van der Waals surface area contributed by atoms with Gasteiger partial charge in [-0.3, -0.25) is 14.4 Å². The van der Waals surface area contributed by atoms with E-state index in [-0.39, 0.29) is 31.1 Å². The summed E-state index contributed by atoms with van der Waals surface area (Å²) in [5.74, 6) is -0.917. The molecule has 0 aliphatic heterocycles. The van der Waals surface area contributed by atoms with Gasteiger partial charge >= 0.3 is 17.9 Å². The SMILES string of the molecule is CCCCC/C=C\C/C=C\C/C=C\C/C=C\CCCCCC(=O)O[C@H](COC(=O)CCCCCCCCCCC/C=C\C/C=C\CCCCC)COC(=O)CCCCCCCCCCCCC. The molecule has 67 heavy (non-hydrogen) atoms. The van der Waals surface area contributed by atoms with Gasteiger partial charge in [-0.15, -0.1) is 0 Å². The van der Waals surface area contributed by atoms with Crippen LogP contribution in [0, 0.1) is 0 Å². The normalized spacial score (nSPS) is 12.6. The summed E-state index contributed by atoms with van der Waals surface area (Å²) >= 11 is 0.